The van der Waals surface area contributed by atoms with Gasteiger partial charge in [-0.05, 0) is 57.3 Å². The SMILES string of the molecule is Cn1c(=O)oc2cc(C(N)c3csc(I)c3)ccc21. The predicted molar refractivity (Wildman–Crippen MR) is 84.5 cm³/mol. The summed E-state index contributed by atoms with van der Waals surface area (Å²) in [5.74, 6) is -0.356. The second-order valence-corrected chi connectivity index (χ2v) is 7.12. The summed E-state index contributed by atoms with van der Waals surface area (Å²) in [5, 5.41) is 2.05. The molecule has 4 nitrogen and oxygen atoms in total. The number of rotatable bonds is 2. The summed E-state index contributed by atoms with van der Waals surface area (Å²) in [6.07, 6.45) is 0. The Balaban J connectivity index is 2.08. The van der Waals surface area contributed by atoms with E-state index in [2.05, 4.69) is 34.0 Å². The molecule has 2 aromatic heterocycles. The molecule has 19 heavy (non-hydrogen) atoms. The van der Waals surface area contributed by atoms with Gasteiger partial charge in [0.2, 0.25) is 0 Å². The lowest BCUT2D eigenvalue weighted by Crippen LogP contribution is -2.10. The normalized spacial score (nSPS) is 13.0. The maximum Gasteiger partial charge on any atom is 0.419 e. The summed E-state index contributed by atoms with van der Waals surface area (Å²) in [5.41, 5.74) is 9.61. The van der Waals surface area contributed by atoms with Gasteiger partial charge < -0.3 is 10.2 Å². The number of benzene rings is 1. The Morgan fingerprint density at radius 3 is 2.84 bits per heavy atom. The first-order chi connectivity index (χ1) is 9.06. The molecule has 0 saturated heterocycles. The van der Waals surface area contributed by atoms with Gasteiger partial charge in [0.15, 0.2) is 5.58 Å². The van der Waals surface area contributed by atoms with Crippen molar-refractivity contribution in [3.8, 4) is 0 Å². The highest BCUT2D eigenvalue weighted by atomic mass is 127. The molecule has 1 unspecified atom stereocenters. The first-order valence-corrected chi connectivity index (χ1v) is 7.61. The quantitative estimate of drug-likeness (QED) is 0.689. The van der Waals surface area contributed by atoms with Gasteiger partial charge in [0.25, 0.3) is 0 Å². The van der Waals surface area contributed by atoms with E-state index in [0.29, 0.717) is 5.58 Å². The lowest BCUT2D eigenvalue weighted by atomic mass is 10.0. The summed E-state index contributed by atoms with van der Waals surface area (Å²) in [6, 6.07) is 7.52. The van der Waals surface area contributed by atoms with Crippen LogP contribution in [0, 0.1) is 2.88 Å². The zero-order valence-corrected chi connectivity index (χ0v) is 13.1. The number of hydrogen-bond acceptors (Lipinski definition) is 4. The van der Waals surface area contributed by atoms with Crippen molar-refractivity contribution in [3.05, 3.63) is 54.2 Å². The van der Waals surface area contributed by atoms with Crippen LogP contribution >= 0.6 is 33.9 Å². The Morgan fingerprint density at radius 2 is 2.16 bits per heavy atom. The lowest BCUT2D eigenvalue weighted by molar-refractivity contribution is 0.527. The summed E-state index contributed by atoms with van der Waals surface area (Å²) in [4.78, 5) is 11.5. The van der Waals surface area contributed by atoms with E-state index in [1.807, 2.05) is 18.2 Å². The highest BCUT2D eigenvalue weighted by Crippen LogP contribution is 2.27. The van der Waals surface area contributed by atoms with Crippen molar-refractivity contribution in [1.82, 2.24) is 4.57 Å². The molecule has 1 aromatic carbocycles. The minimum absolute atomic E-state index is 0.199. The van der Waals surface area contributed by atoms with E-state index in [4.69, 9.17) is 10.2 Å². The van der Waals surface area contributed by atoms with E-state index in [-0.39, 0.29) is 11.8 Å². The Bertz CT molecular complexity index is 802. The summed E-state index contributed by atoms with van der Waals surface area (Å²) < 4.78 is 7.87. The van der Waals surface area contributed by atoms with Crippen LogP contribution in [-0.2, 0) is 7.05 Å². The number of aryl methyl sites for hydroxylation is 1. The van der Waals surface area contributed by atoms with Gasteiger partial charge in [-0.2, -0.15) is 0 Å². The van der Waals surface area contributed by atoms with Crippen LogP contribution in [-0.4, -0.2) is 4.57 Å². The molecule has 0 amide bonds. The Hall–Kier alpha value is -1.12. The maximum atomic E-state index is 11.5. The minimum Gasteiger partial charge on any atom is -0.408 e. The molecule has 0 saturated carbocycles. The van der Waals surface area contributed by atoms with Crippen LogP contribution in [0.3, 0.4) is 0 Å². The standard InChI is InChI=1S/C13H11IN2O2S/c1-16-9-3-2-7(4-10(9)18-13(16)17)12(15)8-5-11(14)19-6-8/h2-6,12H,15H2,1H3. The van der Waals surface area contributed by atoms with Crippen molar-refractivity contribution in [2.24, 2.45) is 12.8 Å². The molecular weight excluding hydrogens is 375 g/mol. The molecule has 0 bridgehead atoms. The summed E-state index contributed by atoms with van der Waals surface area (Å²) >= 11 is 3.94. The molecule has 0 fully saturated rings. The summed E-state index contributed by atoms with van der Waals surface area (Å²) in [6.45, 7) is 0. The number of aromatic nitrogens is 1. The Morgan fingerprint density at radius 1 is 1.37 bits per heavy atom. The minimum atomic E-state index is -0.356. The average Bonchev–Trinajstić information content (AvgIpc) is 2.94. The van der Waals surface area contributed by atoms with Gasteiger partial charge in [-0.25, -0.2) is 4.79 Å². The lowest BCUT2D eigenvalue weighted by Gasteiger charge is -2.10. The average molecular weight is 386 g/mol. The Kier molecular flexibility index (Phi) is 3.23. The molecular formula is C13H11IN2O2S. The molecule has 0 spiro atoms. The smallest absolute Gasteiger partial charge is 0.408 e. The second kappa shape index (κ2) is 4.77. The predicted octanol–water partition coefficient (Wildman–Crippen LogP) is 2.85. The first-order valence-electron chi connectivity index (χ1n) is 5.65. The summed E-state index contributed by atoms with van der Waals surface area (Å²) in [7, 11) is 1.69. The molecule has 2 heterocycles. The van der Waals surface area contributed by atoms with Crippen molar-refractivity contribution in [2.45, 2.75) is 6.04 Å². The van der Waals surface area contributed by atoms with Crippen molar-refractivity contribution >= 4 is 45.0 Å². The van der Waals surface area contributed by atoms with Crippen molar-refractivity contribution < 1.29 is 4.42 Å². The topological polar surface area (TPSA) is 61.2 Å². The van der Waals surface area contributed by atoms with Crippen LogP contribution in [0.2, 0.25) is 0 Å². The van der Waals surface area contributed by atoms with Gasteiger partial charge in [-0.15, -0.1) is 11.3 Å². The number of thiophene rings is 1. The van der Waals surface area contributed by atoms with Crippen LogP contribution in [0.25, 0.3) is 11.1 Å². The molecule has 6 heteroatoms. The monoisotopic (exact) mass is 386 g/mol. The Labute approximate surface area is 127 Å². The largest absolute Gasteiger partial charge is 0.419 e. The van der Waals surface area contributed by atoms with Gasteiger partial charge in [-0.1, -0.05) is 6.07 Å². The zero-order valence-electron chi connectivity index (χ0n) is 10.1. The highest BCUT2D eigenvalue weighted by Gasteiger charge is 2.13. The van der Waals surface area contributed by atoms with E-state index in [0.717, 1.165) is 16.6 Å². The molecule has 3 rings (SSSR count). The van der Waals surface area contributed by atoms with Crippen LogP contribution in [0.15, 0.2) is 38.9 Å². The van der Waals surface area contributed by atoms with E-state index in [1.54, 1.807) is 18.4 Å². The van der Waals surface area contributed by atoms with Gasteiger partial charge in [0.1, 0.15) is 0 Å². The van der Waals surface area contributed by atoms with Crippen LogP contribution in [0.4, 0.5) is 0 Å². The highest BCUT2D eigenvalue weighted by molar-refractivity contribution is 14.1. The number of halogens is 1. The van der Waals surface area contributed by atoms with Crippen LogP contribution < -0.4 is 11.5 Å². The second-order valence-electron chi connectivity index (χ2n) is 4.32. The molecule has 3 aromatic rings. The molecule has 1 atom stereocenters. The van der Waals surface area contributed by atoms with Crippen molar-refractivity contribution in [2.75, 3.05) is 0 Å². The van der Waals surface area contributed by atoms with E-state index >= 15 is 0 Å². The van der Waals surface area contributed by atoms with E-state index in [9.17, 15) is 4.79 Å². The van der Waals surface area contributed by atoms with Gasteiger partial charge in [-0.3, -0.25) is 4.57 Å². The number of nitrogens with zero attached hydrogens (tertiary/aromatic N) is 1. The fourth-order valence-corrected chi connectivity index (χ4v) is 3.43. The number of fused-ring (bicyclic) bond motifs is 1. The van der Waals surface area contributed by atoms with Gasteiger partial charge >= 0.3 is 5.76 Å². The number of oxazole rings is 1. The third-order valence-corrected chi connectivity index (χ3v) is 4.93. The fourth-order valence-electron chi connectivity index (χ4n) is 2.02. The molecule has 0 radical (unpaired) electrons. The molecule has 0 aliphatic carbocycles. The van der Waals surface area contributed by atoms with Crippen molar-refractivity contribution in [3.63, 3.8) is 0 Å². The molecule has 98 valence electrons. The number of nitrogens with two attached hydrogens (primary N) is 1. The van der Waals surface area contributed by atoms with Gasteiger partial charge in [0, 0.05) is 7.05 Å². The van der Waals surface area contributed by atoms with Crippen LogP contribution in [0.1, 0.15) is 17.2 Å². The third kappa shape index (κ3) is 2.24. The van der Waals surface area contributed by atoms with E-state index < -0.39 is 0 Å². The first kappa shape index (κ1) is 12.9. The zero-order chi connectivity index (χ0) is 13.6. The van der Waals surface area contributed by atoms with Gasteiger partial charge in [0.05, 0.1) is 14.4 Å². The maximum absolute atomic E-state index is 11.5. The third-order valence-electron chi connectivity index (χ3n) is 3.12. The molecule has 0 aliphatic heterocycles. The van der Waals surface area contributed by atoms with Crippen LogP contribution in [0.5, 0.6) is 0 Å². The fraction of sp³-hybridized carbons (Fsp3) is 0.154. The molecule has 2 N–H and O–H groups in total. The van der Waals surface area contributed by atoms with Crippen molar-refractivity contribution in [1.29, 1.82) is 0 Å². The van der Waals surface area contributed by atoms with E-state index in [1.165, 1.54) is 7.45 Å². The number of hydrogen-bond donors (Lipinski definition) is 1. The molecule has 0 aliphatic rings.